The van der Waals surface area contributed by atoms with E-state index in [0.717, 1.165) is 19.0 Å². The molecule has 0 atom stereocenters. The Labute approximate surface area is 122 Å². The lowest BCUT2D eigenvalue weighted by atomic mass is 9.65. The van der Waals surface area contributed by atoms with Crippen molar-refractivity contribution < 1.29 is 0 Å². The van der Waals surface area contributed by atoms with Crippen molar-refractivity contribution in [1.82, 2.24) is 5.32 Å². The molecule has 3 N–H and O–H groups in total. The lowest BCUT2D eigenvalue weighted by Gasteiger charge is -2.41. The molecule has 2 rings (SSSR count). The Balaban J connectivity index is 0.00000144. The van der Waals surface area contributed by atoms with E-state index in [4.69, 9.17) is 5.73 Å². The van der Waals surface area contributed by atoms with Gasteiger partial charge < -0.3 is 11.1 Å². The fraction of sp³-hybridized carbons (Fsp3) is 0.923. The number of halogens is 1. The maximum Gasteiger partial charge on any atom is 0.188 e. The van der Waals surface area contributed by atoms with Crippen molar-refractivity contribution in [3.05, 3.63) is 0 Å². The fourth-order valence-corrected chi connectivity index (χ4v) is 2.71. The third-order valence-electron chi connectivity index (χ3n) is 4.19. The van der Waals surface area contributed by atoms with Gasteiger partial charge in [-0.15, -0.1) is 24.0 Å². The van der Waals surface area contributed by atoms with Gasteiger partial charge in [0.15, 0.2) is 5.96 Å². The quantitative estimate of drug-likeness (QED) is 0.335. The summed E-state index contributed by atoms with van der Waals surface area (Å²) < 4.78 is 0. The lowest BCUT2D eigenvalue weighted by Crippen LogP contribution is -2.38. The largest absolute Gasteiger partial charge is 0.370 e. The number of guanidine groups is 1. The van der Waals surface area contributed by atoms with Crippen LogP contribution in [-0.4, -0.2) is 19.0 Å². The summed E-state index contributed by atoms with van der Waals surface area (Å²) in [6.45, 7) is 4.11. The van der Waals surface area contributed by atoms with Crippen LogP contribution in [0.3, 0.4) is 0 Å². The van der Waals surface area contributed by atoms with Crippen LogP contribution in [0.15, 0.2) is 4.99 Å². The maximum atomic E-state index is 5.86. The van der Waals surface area contributed by atoms with Crippen LogP contribution in [-0.2, 0) is 0 Å². The third kappa shape index (κ3) is 4.00. The minimum absolute atomic E-state index is 0. The Kier molecular flexibility index (Phi) is 6.03. The molecule has 0 unspecified atom stereocenters. The molecule has 2 saturated carbocycles. The predicted octanol–water partition coefficient (Wildman–Crippen LogP) is 2.89. The first-order chi connectivity index (χ1) is 7.77. The summed E-state index contributed by atoms with van der Waals surface area (Å²) in [5.74, 6) is 1.62. The second kappa shape index (κ2) is 6.81. The second-order valence-electron chi connectivity index (χ2n) is 5.47. The Bertz CT molecular complexity index is 257. The molecule has 0 bridgehead atoms. The van der Waals surface area contributed by atoms with Crippen LogP contribution < -0.4 is 11.1 Å². The number of rotatable bonds is 6. The number of nitrogens with zero attached hydrogens (tertiary/aromatic N) is 1. The van der Waals surface area contributed by atoms with E-state index >= 15 is 0 Å². The van der Waals surface area contributed by atoms with Crippen molar-refractivity contribution in [3.8, 4) is 0 Å². The Morgan fingerprint density at radius 1 is 1.41 bits per heavy atom. The maximum absolute atomic E-state index is 5.86. The van der Waals surface area contributed by atoms with Gasteiger partial charge in [-0.2, -0.15) is 0 Å². The van der Waals surface area contributed by atoms with Crippen molar-refractivity contribution in [1.29, 1.82) is 0 Å². The third-order valence-corrected chi connectivity index (χ3v) is 4.19. The highest BCUT2D eigenvalue weighted by Gasteiger charge is 2.48. The van der Waals surface area contributed by atoms with Crippen molar-refractivity contribution in [2.24, 2.45) is 22.1 Å². The van der Waals surface area contributed by atoms with E-state index in [9.17, 15) is 0 Å². The van der Waals surface area contributed by atoms with Gasteiger partial charge in [0, 0.05) is 13.1 Å². The summed E-state index contributed by atoms with van der Waals surface area (Å²) >= 11 is 0. The van der Waals surface area contributed by atoms with E-state index in [1.54, 1.807) is 0 Å². The monoisotopic (exact) mass is 351 g/mol. The summed E-state index contributed by atoms with van der Waals surface area (Å²) in [5.41, 5.74) is 6.41. The fourth-order valence-electron chi connectivity index (χ4n) is 2.71. The number of hydrogen-bond acceptors (Lipinski definition) is 1. The molecular weight excluding hydrogens is 325 g/mol. The molecule has 0 aliphatic heterocycles. The molecule has 0 spiro atoms. The average Bonchev–Trinajstić information content (AvgIpc) is 3.01. The van der Waals surface area contributed by atoms with E-state index in [1.165, 1.54) is 44.9 Å². The molecular formula is C13H26IN3. The molecule has 2 aliphatic carbocycles. The molecule has 17 heavy (non-hydrogen) atoms. The number of nitrogens with one attached hydrogen (secondary N) is 1. The number of hydrogen-bond donors (Lipinski definition) is 2. The van der Waals surface area contributed by atoms with Gasteiger partial charge in [0.2, 0.25) is 0 Å². The van der Waals surface area contributed by atoms with Crippen molar-refractivity contribution in [2.45, 2.75) is 51.9 Å². The summed E-state index contributed by atoms with van der Waals surface area (Å²) in [5, 5.41) is 3.19. The van der Waals surface area contributed by atoms with E-state index in [2.05, 4.69) is 17.2 Å². The first-order valence-electron chi connectivity index (χ1n) is 6.81. The van der Waals surface area contributed by atoms with Gasteiger partial charge in [-0.3, -0.25) is 4.99 Å². The van der Waals surface area contributed by atoms with Crippen molar-refractivity contribution in [3.63, 3.8) is 0 Å². The molecule has 0 heterocycles. The number of nitrogens with two attached hydrogens (primary N) is 1. The van der Waals surface area contributed by atoms with E-state index in [0.29, 0.717) is 11.4 Å². The first kappa shape index (κ1) is 15.1. The Morgan fingerprint density at radius 2 is 2.12 bits per heavy atom. The van der Waals surface area contributed by atoms with Gasteiger partial charge in [0.1, 0.15) is 0 Å². The highest BCUT2D eigenvalue weighted by molar-refractivity contribution is 14.0. The van der Waals surface area contributed by atoms with Gasteiger partial charge in [-0.05, 0) is 43.4 Å². The van der Waals surface area contributed by atoms with Crippen LogP contribution in [0.2, 0.25) is 0 Å². The standard InChI is InChI=1S/C13H25N3.HI/c1-2-3-9-15-12(14)16-10-13(7-4-8-13)11-5-6-11;/h11H,2-10H2,1H3,(H3,14,15,16);1H. The number of unbranched alkanes of at least 4 members (excludes halogenated alkanes) is 1. The summed E-state index contributed by atoms with van der Waals surface area (Å²) in [4.78, 5) is 4.53. The lowest BCUT2D eigenvalue weighted by molar-refractivity contribution is 0.113. The molecule has 0 aromatic rings. The SMILES string of the molecule is CCCCNC(N)=NCC1(C2CC2)CCC1.I. The smallest absolute Gasteiger partial charge is 0.188 e. The van der Waals surface area contributed by atoms with E-state index < -0.39 is 0 Å². The molecule has 100 valence electrons. The molecule has 4 heteroatoms. The molecule has 2 aliphatic rings. The predicted molar refractivity (Wildman–Crippen MR) is 83.8 cm³/mol. The Morgan fingerprint density at radius 3 is 2.59 bits per heavy atom. The van der Waals surface area contributed by atoms with E-state index in [-0.39, 0.29) is 24.0 Å². The van der Waals surface area contributed by atoms with Gasteiger partial charge in [0.25, 0.3) is 0 Å². The zero-order chi connectivity index (χ0) is 11.4. The minimum atomic E-state index is 0. The minimum Gasteiger partial charge on any atom is -0.370 e. The summed E-state index contributed by atoms with van der Waals surface area (Å²) in [6.07, 6.45) is 9.38. The summed E-state index contributed by atoms with van der Waals surface area (Å²) in [6, 6.07) is 0. The molecule has 0 aromatic heterocycles. The van der Waals surface area contributed by atoms with Crippen LogP contribution in [0.1, 0.15) is 51.9 Å². The molecule has 0 saturated heterocycles. The average molecular weight is 351 g/mol. The molecule has 0 radical (unpaired) electrons. The first-order valence-corrected chi connectivity index (χ1v) is 6.81. The normalized spacial score (nSPS) is 22.5. The highest BCUT2D eigenvalue weighted by atomic mass is 127. The van der Waals surface area contributed by atoms with Gasteiger partial charge in [-0.1, -0.05) is 19.8 Å². The van der Waals surface area contributed by atoms with Crippen LogP contribution in [0, 0.1) is 11.3 Å². The molecule has 2 fully saturated rings. The zero-order valence-electron chi connectivity index (χ0n) is 10.9. The van der Waals surface area contributed by atoms with Gasteiger partial charge in [-0.25, -0.2) is 0 Å². The molecule has 0 amide bonds. The van der Waals surface area contributed by atoms with Crippen LogP contribution in [0.5, 0.6) is 0 Å². The highest BCUT2D eigenvalue weighted by Crippen LogP contribution is 2.57. The van der Waals surface area contributed by atoms with Crippen LogP contribution in [0.25, 0.3) is 0 Å². The van der Waals surface area contributed by atoms with Gasteiger partial charge in [0.05, 0.1) is 0 Å². The number of aliphatic imine (C=N–C) groups is 1. The van der Waals surface area contributed by atoms with Crippen molar-refractivity contribution >= 4 is 29.9 Å². The van der Waals surface area contributed by atoms with Gasteiger partial charge >= 0.3 is 0 Å². The Hall–Kier alpha value is 0. The van der Waals surface area contributed by atoms with Crippen molar-refractivity contribution in [2.75, 3.05) is 13.1 Å². The van der Waals surface area contributed by atoms with E-state index in [1.807, 2.05) is 0 Å². The summed E-state index contributed by atoms with van der Waals surface area (Å²) in [7, 11) is 0. The second-order valence-corrected chi connectivity index (χ2v) is 5.47. The van der Waals surface area contributed by atoms with Crippen LogP contribution >= 0.6 is 24.0 Å². The molecule has 0 aromatic carbocycles. The topological polar surface area (TPSA) is 50.4 Å². The zero-order valence-corrected chi connectivity index (χ0v) is 13.2. The van der Waals surface area contributed by atoms with Crippen LogP contribution in [0.4, 0.5) is 0 Å². The molecule has 3 nitrogen and oxygen atoms in total.